The Labute approximate surface area is 180 Å². The summed E-state index contributed by atoms with van der Waals surface area (Å²) in [6.45, 7) is 1.75. The van der Waals surface area contributed by atoms with Crippen LogP contribution in [0.1, 0.15) is 11.3 Å². The number of aromatic nitrogens is 4. The summed E-state index contributed by atoms with van der Waals surface area (Å²) in [5.74, 6) is -0.900. The van der Waals surface area contributed by atoms with Crippen molar-refractivity contribution in [2.75, 3.05) is 11.4 Å². The Morgan fingerprint density at radius 2 is 2.06 bits per heavy atom. The van der Waals surface area contributed by atoms with E-state index in [1.54, 1.807) is 0 Å². The Balaban J connectivity index is 2.04. The minimum atomic E-state index is -4.52. The second kappa shape index (κ2) is 9.78. The van der Waals surface area contributed by atoms with E-state index in [4.69, 9.17) is 0 Å². The van der Waals surface area contributed by atoms with E-state index in [-0.39, 0.29) is 23.0 Å². The lowest BCUT2D eigenvalue weighted by molar-refractivity contribution is -0.137. The highest BCUT2D eigenvalue weighted by Crippen LogP contribution is 2.34. The van der Waals surface area contributed by atoms with Gasteiger partial charge in [0.2, 0.25) is 5.82 Å². The molecule has 0 fully saturated rings. The third-order valence-corrected chi connectivity index (χ3v) is 4.25. The van der Waals surface area contributed by atoms with Gasteiger partial charge in [0.1, 0.15) is 0 Å². The first-order chi connectivity index (χ1) is 15.2. The Morgan fingerprint density at radius 3 is 2.62 bits per heavy atom. The van der Waals surface area contributed by atoms with Gasteiger partial charge in [0, 0.05) is 12.1 Å². The van der Waals surface area contributed by atoms with Crippen molar-refractivity contribution < 1.29 is 27.5 Å². The third kappa shape index (κ3) is 5.42. The monoisotopic (exact) mass is 447 g/mol. The summed E-state index contributed by atoms with van der Waals surface area (Å²) in [7, 11) is -0.00874. The number of halogens is 3. The van der Waals surface area contributed by atoms with Gasteiger partial charge in [-0.1, -0.05) is 5.16 Å². The number of carbonyl (C=O) groups is 1. The number of benzene rings is 1. The molecule has 0 aliphatic rings. The molecule has 0 aliphatic carbocycles. The molecular formula is C17H16B2F3N6O4. The van der Waals surface area contributed by atoms with Gasteiger partial charge in [-0.2, -0.15) is 13.2 Å². The van der Waals surface area contributed by atoms with Crippen LogP contribution in [0.4, 0.5) is 24.7 Å². The molecular weight excluding hydrogens is 431 g/mol. The van der Waals surface area contributed by atoms with Crippen molar-refractivity contribution in [3.05, 3.63) is 52.3 Å². The fraction of sp³-hybridized carbons (Fsp3) is 0.235. The van der Waals surface area contributed by atoms with E-state index in [2.05, 4.69) is 29.9 Å². The smallest absolute Gasteiger partial charge is 0.432 e. The van der Waals surface area contributed by atoms with E-state index < -0.39 is 24.5 Å². The molecule has 165 valence electrons. The van der Waals surface area contributed by atoms with Crippen molar-refractivity contribution in [2.45, 2.75) is 19.4 Å². The lowest BCUT2D eigenvalue weighted by Crippen LogP contribution is -2.34. The molecule has 32 heavy (non-hydrogen) atoms. The highest BCUT2D eigenvalue weighted by atomic mass is 19.4. The van der Waals surface area contributed by atoms with Gasteiger partial charge in [0.05, 0.1) is 23.6 Å². The highest BCUT2D eigenvalue weighted by Gasteiger charge is 2.31. The highest BCUT2D eigenvalue weighted by molar-refractivity contribution is 6.64. The summed E-state index contributed by atoms with van der Waals surface area (Å²) in [6.07, 6.45) is -2.18. The molecule has 0 amide bonds. The summed E-state index contributed by atoms with van der Waals surface area (Å²) in [5.41, 5.74) is -0.163. The van der Waals surface area contributed by atoms with Crippen molar-refractivity contribution >= 4 is 32.2 Å². The van der Waals surface area contributed by atoms with Crippen LogP contribution in [0.5, 0.6) is 0 Å². The molecule has 10 nitrogen and oxygen atoms in total. The van der Waals surface area contributed by atoms with E-state index in [1.165, 1.54) is 37.4 Å². The summed E-state index contributed by atoms with van der Waals surface area (Å²) in [4.78, 5) is 34.1. The Morgan fingerprint density at radius 1 is 1.34 bits per heavy atom. The predicted molar refractivity (Wildman–Crippen MR) is 110 cm³/mol. The van der Waals surface area contributed by atoms with Crippen LogP contribution >= 0.6 is 0 Å². The largest absolute Gasteiger partial charge is 0.439 e. The number of nitrogens with one attached hydrogen (secondary N) is 2. The molecule has 2 heterocycles. The number of hydrogen-bond acceptors (Lipinski definition) is 9. The van der Waals surface area contributed by atoms with Crippen LogP contribution < -0.4 is 15.8 Å². The fourth-order valence-corrected chi connectivity index (χ4v) is 2.86. The number of nitrogens with zero attached hydrogens (tertiary/aromatic N) is 4. The van der Waals surface area contributed by atoms with Gasteiger partial charge >= 0.3 is 19.0 Å². The normalized spacial score (nSPS) is 11.3. The van der Waals surface area contributed by atoms with Crippen LogP contribution in [0.25, 0.3) is 11.5 Å². The second-order valence-electron chi connectivity index (χ2n) is 6.53. The van der Waals surface area contributed by atoms with Crippen LogP contribution in [-0.4, -0.2) is 52.3 Å². The zero-order valence-electron chi connectivity index (χ0n) is 16.6. The Hall–Kier alpha value is -3.45. The van der Waals surface area contributed by atoms with Crippen molar-refractivity contribution in [1.82, 2.24) is 25.3 Å². The SMILES string of the molecule is CB(O)N(c1ccc(C(F)(F)F)cc1)c1ncc(CCN[B]C=O)nc1-c1noc(=O)[nH]1. The maximum Gasteiger partial charge on any atom is 0.439 e. The standard InChI is InChI=1S/C17H16B2F3N6O4/c1-19(31)28(12-4-2-10(3-5-12)17(20,21)22)15-13(14-26-16(30)32-27-14)25-11(8-23-15)6-7-24-18-9-29/h2-5,8-9,24,31H,6-7H2,1H3,(H,26,27,30). The molecule has 3 rings (SSSR count). The van der Waals surface area contributed by atoms with E-state index in [0.717, 1.165) is 12.1 Å². The molecule has 3 aromatic rings. The first-order valence-corrected chi connectivity index (χ1v) is 9.28. The van der Waals surface area contributed by atoms with E-state index in [1.807, 2.05) is 0 Å². The quantitative estimate of drug-likeness (QED) is 0.250. The molecule has 1 radical (unpaired) electrons. The second-order valence-corrected chi connectivity index (χ2v) is 6.53. The van der Waals surface area contributed by atoms with Crippen LogP contribution in [-0.2, 0) is 17.4 Å². The first kappa shape index (κ1) is 23.2. The number of carbonyl (C=O) groups excluding carboxylic acids is 1. The van der Waals surface area contributed by atoms with Gasteiger partial charge < -0.3 is 19.9 Å². The maximum absolute atomic E-state index is 12.9. The van der Waals surface area contributed by atoms with Gasteiger partial charge in [-0.25, -0.2) is 14.8 Å². The number of alkyl halides is 3. The number of aromatic amines is 1. The summed E-state index contributed by atoms with van der Waals surface area (Å²) < 4.78 is 43.3. The van der Waals surface area contributed by atoms with Gasteiger partial charge in [-0.3, -0.25) is 9.51 Å². The molecule has 0 atom stereocenters. The summed E-state index contributed by atoms with van der Waals surface area (Å²) >= 11 is 0. The average molecular weight is 447 g/mol. The molecule has 0 unspecified atom stereocenters. The summed E-state index contributed by atoms with van der Waals surface area (Å²) in [6, 6.07) is 4.11. The first-order valence-electron chi connectivity index (χ1n) is 9.28. The van der Waals surface area contributed by atoms with E-state index >= 15 is 0 Å². The van der Waals surface area contributed by atoms with Crippen molar-refractivity contribution in [2.24, 2.45) is 0 Å². The number of hydrogen-bond donors (Lipinski definition) is 3. The van der Waals surface area contributed by atoms with Gasteiger partial charge in [0.25, 0.3) is 7.41 Å². The van der Waals surface area contributed by atoms with Crippen LogP contribution in [0.2, 0.25) is 6.82 Å². The minimum absolute atomic E-state index is 0.0282. The third-order valence-electron chi connectivity index (χ3n) is 4.25. The van der Waals surface area contributed by atoms with Gasteiger partial charge in [-0.05, 0) is 37.6 Å². The van der Waals surface area contributed by atoms with Crippen LogP contribution in [0.3, 0.4) is 0 Å². The lowest BCUT2D eigenvalue weighted by atomic mass is 9.83. The molecule has 2 aromatic heterocycles. The van der Waals surface area contributed by atoms with Crippen LogP contribution in [0.15, 0.2) is 39.8 Å². The molecule has 1 aromatic carbocycles. The number of H-pyrrole nitrogens is 1. The molecule has 0 spiro atoms. The minimum Gasteiger partial charge on any atom is -0.432 e. The fourth-order valence-electron chi connectivity index (χ4n) is 2.86. The molecule has 0 saturated heterocycles. The number of rotatable bonds is 9. The van der Waals surface area contributed by atoms with Crippen molar-refractivity contribution in [1.29, 1.82) is 0 Å². The number of anilines is 2. The Bertz CT molecular complexity index is 1120. The molecule has 15 heteroatoms. The molecule has 0 bridgehead atoms. The molecule has 0 saturated carbocycles. The predicted octanol–water partition coefficient (Wildman–Crippen LogP) is 1.03. The van der Waals surface area contributed by atoms with E-state index in [9.17, 15) is 27.8 Å². The van der Waals surface area contributed by atoms with Crippen molar-refractivity contribution in [3.63, 3.8) is 0 Å². The lowest BCUT2D eigenvalue weighted by Gasteiger charge is -2.26. The zero-order chi connectivity index (χ0) is 23.3. The topological polar surface area (TPSA) is 137 Å². The van der Waals surface area contributed by atoms with Crippen LogP contribution in [0, 0.1) is 0 Å². The zero-order valence-corrected chi connectivity index (χ0v) is 16.6. The van der Waals surface area contributed by atoms with Gasteiger partial charge in [-0.15, -0.1) is 0 Å². The molecule has 3 N–H and O–H groups in total. The molecule has 0 aliphatic heterocycles. The average Bonchev–Trinajstić information content (AvgIpc) is 3.18. The van der Waals surface area contributed by atoms with Crippen molar-refractivity contribution in [3.8, 4) is 11.5 Å². The van der Waals surface area contributed by atoms with E-state index in [0.29, 0.717) is 24.8 Å². The Kier molecular flexibility index (Phi) is 7.10. The summed E-state index contributed by atoms with van der Waals surface area (Å²) in [5, 5.41) is 16.7. The van der Waals surface area contributed by atoms with Gasteiger partial charge in [0.15, 0.2) is 11.5 Å². The maximum atomic E-state index is 12.9.